The van der Waals surface area contributed by atoms with Gasteiger partial charge in [-0.25, -0.2) is 8.78 Å². The van der Waals surface area contributed by atoms with E-state index in [1.807, 2.05) is 0 Å². The minimum atomic E-state index is -0.824. The van der Waals surface area contributed by atoms with E-state index in [4.69, 9.17) is 9.84 Å². The first-order valence-electron chi connectivity index (χ1n) is 6.79. The summed E-state index contributed by atoms with van der Waals surface area (Å²) >= 11 is 0. The number of aliphatic hydroxyl groups excluding tert-OH is 1. The molecule has 5 nitrogen and oxygen atoms in total. The summed E-state index contributed by atoms with van der Waals surface area (Å²) in [6.45, 7) is 2.90. The molecule has 116 valence electrons. The Morgan fingerprint density at radius 1 is 1.24 bits per heavy atom. The molecule has 1 aromatic carbocycles. The van der Waals surface area contributed by atoms with Crippen LogP contribution >= 0.6 is 0 Å². The molecule has 0 aromatic heterocycles. The molecule has 0 radical (unpaired) electrons. The molecule has 7 heteroatoms. The number of rotatable bonds is 5. The Hall–Kier alpha value is -1.73. The van der Waals surface area contributed by atoms with Crippen molar-refractivity contribution in [3.63, 3.8) is 0 Å². The molecule has 21 heavy (non-hydrogen) atoms. The van der Waals surface area contributed by atoms with Gasteiger partial charge in [0.25, 0.3) is 5.91 Å². The van der Waals surface area contributed by atoms with Gasteiger partial charge in [0.1, 0.15) is 5.82 Å². The van der Waals surface area contributed by atoms with E-state index in [0.29, 0.717) is 38.8 Å². The Kier molecular flexibility index (Phi) is 5.46. The first-order valence-corrected chi connectivity index (χ1v) is 6.79. The smallest absolute Gasteiger partial charge is 0.260 e. The monoisotopic (exact) mass is 300 g/mol. The van der Waals surface area contributed by atoms with Crippen LogP contribution < -0.4 is 4.74 Å². The van der Waals surface area contributed by atoms with Gasteiger partial charge in [-0.3, -0.25) is 9.69 Å². The van der Waals surface area contributed by atoms with Crippen molar-refractivity contribution in [1.29, 1.82) is 0 Å². The average Bonchev–Trinajstić information content (AvgIpc) is 2.47. The van der Waals surface area contributed by atoms with Gasteiger partial charge in [-0.1, -0.05) is 0 Å². The predicted molar refractivity (Wildman–Crippen MR) is 72.0 cm³/mol. The van der Waals surface area contributed by atoms with Crippen LogP contribution in [0.5, 0.6) is 5.75 Å². The fourth-order valence-corrected chi connectivity index (χ4v) is 2.19. The largest absolute Gasteiger partial charge is 0.481 e. The van der Waals surface area contributed by atoms with Gasteiger partial charge in [-0.2, -0.15) is 0 Å². The number of hydrogen-bond acceptors (Lipinski definition) is 4. The quantitative estimate of drug-likeness (QED) is 0.859. The number of hydrogen-bond donors (Lipinski definition) is 1. The highest BCUT2D eigenvalue weighted by Crippen LogP contribution is 2.17. The summed E-state index contributed by atoms with van der Waals surface area (Å²) in [6, 6.07) is 2.96. The first kappa shape index (κ1) is 15.7. The lowest BCUT2D eigenvalue weighted by molar-refractivity contribution is -0.135. The summed E-state index contributed by atoms with van der Waals surface area (Å²) in [6.07, 6.45) is 0. The lowest BCUT2D eigenvalue weighted by atomic mass is 10.3. The van der Waals surface area contributed by atoms with Crippen LogP contribution in [0.2, 0.25) is 0 Å². The molecule has 0 bridgehead atoms. The van der Waals surface area contributed by atoms with Crippen molar-refractivity contribution in [2.75, 3.05) is 45.9 Å². The number of amides is 1. The van der Waals surface area contributed by atoms with Gasteiger partial charge < -0.3 is 14.7 Å². The maximum absolute atomic E-state index is 13.4. The number of carbonyl (C=O) groups is 1. The highest BCUT2D eigenvalue weighted by molar-refractivity contribution is 5.77. The SMILES string of the molecule is O=C(COc1ccc(F)cc1F)N1CCN(CCO)CC1. The van der Waals surface area contributed by atoms with Gasteiger partial charge >= 0.3 is 0 Å². The molecule has 0 unspecified atom stereocenters. The van der Waals surface area contributed by atoms with Gasteiger partial charge in [-0.05, 0) is 12.1 Å². The Bertz CT molecular complexity index is 491. The van der Waals surface area contributed by atoms with E-state index in [9.17, 15) is 13.6 Å². The zero-order valence-electron chi connectivity index (χ0n) is 11.6. The Balaban J connectivity index is 1.80. The molecule has 2 rings (SSSR count). The van der Waals surface area contributed by atoms with Gasteiger partial charge in [-0.15, -0.1) is 0 Å². The molecule has 0 aliphatic carbocycles. The molecule has 0 spiro atoms. The second kappa shape index (κ2) is 7.33. The van der Waals surface area contributed by atoms with Crippen molar-refractivity contribution >= 4 is 5.91 Å². The van der Waals surface area contributed by atoms with E-state index >= 15 is 0 Å². The third-order valence-corrected chi connectivity index (χ3v) is 3.39. The summed E-state index contributed by atoms with van der Waals surface area (Å²) in [5.74, 6) is -1.88. The van der Waals surface area contributed by atoms with Crippen molar-refractivity contribution in [2.45, 2.75) is 0 Å². The highest BCUT2D eigenvalue weighted by atomic mass is 19.1. The normalized spacial score (nSPS) is 16.0. The number of aliphatic hydroxyl groups is 1. The Morgan fingerprint density at radius 3 is 2.57 bits per heavy atom. The van der Waals surface area contributed by atoms with Gasteiger partial charge in [0, 0.05) is 38.8 Å². The van der Waals surface area contributed by atoms with Crippen molar-refractivity contribution < 1.29 is 23.4 Å². The molecule has 1 amide bonds. The molecule has 1 fully saturated rings. The minimum Gasteiger partial charge on any atom is -0.481 e. The van der Waals surface area contributed by atoms with E-state index in [-0.39, 0.29) is 24.9 Å². The molecular weight excluding hydrogens is 282 g/mol. The second-order valence-corrected chi connectivity index (χ2v) is 4.81. The number of ether oxygens (including phenoxy) is 1. The van der Waals surface area contributed by atoms with Crippen molar-refractivity contribution in [3.05, 3.63) is 29.8 Å². The third kappa shape index (κ3) is 4.37. The Morgan fingerprint density at radius 2 is 1.95 bits per heavy atom. The van der Waals surface area contributed by atoms with Crippen LogP contribution in [-0.2, 0) is 4.79 Å². The van der Waals surface area contributed by atoms with E-state index in [2.05, 4.69) is 4.90 Å². The van der Waals surface area contributed by atoms with Gasteiger partial charge in [0.2, 0.25) is 0 Å². The predicted octanol–water partition coefficient (Wildman–Crippen LogP) is 0.480. The Labute approximate surface area is 121 Å². The van der Waals surface area contributed by atoms with Crippen LogP contribution in [-0.4, -0.2) is 66.8 Å². The van der Waals surface area contributed by atoms with Crippen LogP contribution in [0.3, 0.4) is 0 Å². The number of carbonyl (C=O) groups excluding carboxylic acids is 1. The van der Waals surface area contributed by atoms with Crippen molar-refractivity contribution in [1.82, 2.24) is 9.80 Å². The number of nitrogens with zero attached hydrogens (tertiary/aromatic N) is 2. The standard InChI is InChI=1S/C14H18F2N2O3/c15-11-1-2-13(12(16)9-11)21-10-14(20)18-5-3-17(4-6-18)7-8-19/h1-2,9,19H,3-8,10H2. The number of piperazine rings is 1. The van der Waals surface area contributed by atoms with Crippen LogP contribution in [0, 0.1) is 11.6 Å². The van der Waals surface area contributed by atoms with Gasteiger partial charge in [0.15, 0.2) is 18.2 Å². The van der Waals surface area contributed by atoms with E-state index in [1.54, 1.807) is 4.90 Å². The average molecular weight is 300 g/mol. The lowest BCUT2D eigenvalue weighted by Gasteiger charge is -2.34. The summed E-state index contributed by atoms with van der Waals surface area (Å²) in [4.78, 5) is 15.6. The topological polar surface area (TPSA) is 53.0 Å². The molecule has 1 saturated heterocycles. The number of halogens is 2. The molecule has 0 saturated carbocycles. The number of β-amino-alcohol motifs (C(OH)–C–C–N with tert-alkyl or cyclic N) is 1. The summed E-state index contributed by atoms with van der Waals surface area (Å²) in [5.41, 5.74) is 0. The van der Waals surface area contributed by atoms with Crippen LogP contribution in [0.15, 0.2) is 18.2 Å². The molecule has 1 aliphatic rings. The second-order valence-electron chi connectivity index (χ2n) is 4.81. The van der Waals surface area contributed by atoms with E-state index in [0.717, 1.165) is 12.1 Å². The fraction of sp³-hybridized carbons (Fsp3) is 0.500. The summed E-state index contributed by atoms with van der Waals surface area (Å²) in [7, 11) is 0. The summed E-state index contributed by atoms with van der Waals surface area (Å²) in [5, 5.41) is 8.84. The van der Waals surface area contributed by atoms with E-state index in [1.165, 1.54) is 0 Å². The molecule has 1 N–H and O–H groups in total. The molecule has 1 aliphatic heterocycles. The van der Waals surface area contributed by atoms with Crippen LogP contribution in [0.25, 0.3) is 0 Å². The van der Waals surface area contributed by atoms with Crippen LogP contribution in [0.1, 0.15) is 0 Å². The molecule has 0 atom stereocenters. The van der Waals surface area contributed by atoms with Crippen molar-refractivity contribution in [2.24, 2.45) is 0 Å². The molecule has 1 aromatic rings. The van der Waals surface area contributed by atoms with Crippen molar-refractivity contribution in [3.8, 4) is 5.75 Å². The number of benzene rings is 1. The maximum atomic E-state index is 13.4. The molecule has 1 heterocycles. The highest BCUT2D eigenvalue weighted by Gasteiger charge is 2.21. The maximum Gasteiger partial charge on any atom is 0.260 e. The zero-order valence-corrected chi connectivity index (χ0v) is 11.6. The third-order valence-electron chi connectivity index (χ3n) is 3.39. The minimum absolute atomic E-state index is 0.0981. The van der Waals surface area contributed by atoms with Crippen LogP contribution in [0.4, 0.5) is 8.78 Å². The van der Waals surface area contributed by atoms with E-state index < -0.39 is 11.6 Å². The lowest BCUT2D eigenvalue weighted by Crippen LogP contribution is -2.50. The summed E-state index contributed by atoms with van der Waals surface area (Å²) < 4.78 is 31.2. The zero-order chi connectivity index (χ0) is 15.2. The van der Waals surface area contributed by atoms with Gasteiger partial charge in [0.05, 0.1) is 6.61 Å². The first-order chi connectivity index (χ1) is 10.1. The molecular formula is C14H18F2N2O3. The fourth-order valence-electron chi connectivity index (χ4n) is 2.19.